The van der Waals surface area contributed by atoms with Crippen LogP contribution in [0.15, 0.2) is 11.9 Å². The fourth-order valence-corrected chi connectivity index (χ4v) is 0.876. The summed E-state index contributed by atoms with van der Waals surface area (Å²) in [5.41, 5.74) is 0. The molecular weight excluding hydrogens is 184 g/mol. The van der Waals surface area contributed by atoms with Crippen LogP contribution in [0.3, 0.4) is 0 Å². The highest BCUT2D eigenvalue weighted by Crippen LogP contribution is 2.26. The molecule has 0 aliphatic carbocycles. The Hall–Kier alpha value is -1.19. The van der Waals surface area contributed by atoms with E-state index in [2.05, 4.69) is 28.2 Å². The zero-order valence-corrected chi connectivity index (χ0v) is 5.49. The molecule has 0 aromatic carbocycles. The van der Waals surface area contributed by atoms with E-state index in [1.807, 2.05) is 0 Å². The molecule has 0 atom stereocenters. The Labute approximate surface area is 59.9 Å². The smallest absolute Gasteiger partial charge is 0.313 e. The minimum Gasteiger partial charge on any atom is -0.313 e. The van der Waals surface area contributed by atoms with E-state index in [9.17, 15) is 8.42 Å². The summed E-state index contributed by atoms with van der Waals surface area (Å²) < 4.78 is 28.5. The van der Waals surface area contributed by atoms with Crippen molar-refractivity contribution in [1.82, 2.24) is 0 Å². The molecule has 2 heterocycles. The van der Waals surface area contributed by atoms with Crippen LogP contribution in [0.1, 0.15) is 0 Å². The van der Waals surface area contributed by atoms with Gasteiger partial charge in [-0.15, -0.1) is 0 Å². The van der Waals surface area contributed by atoms with Gasteiger partial charge in [-0.05, 0) is 4.33 Å². The van der Waals surface area contributed by atoms with Gasteiger partial charge in [-0.1, -0.05) is 0 Å². The van der Waals surface area contributed by atoms with Gasteiger partial charge >= 0.3 is 22.3 Å². The Morgan fingerprint density at radius 1 is 1.00 bits per heavy atom. The molecule has 8 nitrogen and oxygen atoms in total. The summed E-state index contributed by atoms with van der Waals surface area (Å²) in [6.45, 7) is 0. The predicted molar refractivity (Wildman–Crippen MR) is 22.5 cm³/mol. The lowest BCUT2D eigenvalue weighted by molar-refractivity contribution is -0.467. The summed E-state index contributed by atoms with van der Waals surface area (Å²) in [5.74, 6) is -1.00. The van der Waals surface area contributed by atoms with Gasteiger partial charge in [-0.3, -0.25) is 4.89 Å². The lowest BCUT2D eigenvalue weighted by Crippen LogP contribution is -2.16. The van der Waals surface area contributed by atoms with E-state index in [0.29, 0.717) is 0 Å². The summed E-state index contributed by atoms with van der Waals surface area (Å²) in [6, 6.07) is 0. The van der Waals surface area contributed by atoms with Gasteiger partial charge in [0, 0.05) is 5.04 Å². The van der Waals surface area contributed by atoms with E-state index in [0.717, 1.165) is 0 Å². The minimum absolute atomic E-state index is 0.445. The molecule has 2 rings (SSSR count). The first kappa shape index (κ1) is 6.52. The van der Waals surface area contributed by atoms with Crippen LogP contribution in [-0.4, -0.2) is 8.42 Å². The van der Waals surface area contributed by atoms with Crippen molar-refractivity contribution in [1.29, 1.82) is 0 Å². The molecule has 0 bridgehead atoms. The highest BCUT2D eigenvalue weighted by atomic mass is 32.3. The molecule has 0 N–H and O–H groups in total. The fourth-order valence-electron chi connectivity index (χ4n) is 0.422. The zero-order chi connectivity index (χ0) is 7.90. The Balaban J connectivity index is 2.30. The van der Waals surface area contributed by atoms with E-state index in [1.54, 1.807) is 0 Å². The fraction of sp³-hybridized carbons (Fsp3) is 0. The molecule has 0 unspecified atom stereocenters. The third kappa shape index (κ3) is 1.04. The largest absolute Gasteiger partial charge is 0.488 e. The summed E-state index contributed by atoms with van der Waals surface area (Å²) in [4.78, 5) is 12.1. The van der Waals surface area contributed by atoms with Gasteiger partial charge in [0.1, 0.15) is 0 Å². The summed E-state index contributed by atoms with van der Waals surface area (Å²) in [6.07, 6.45) is 0. The van der Waals surface area contributed by atoms with Gasteiger partial charge in [0.25, 0.3) is 0 Å². The second kappa shape index (κ2) is 1.90. The van der Waals surface area contributed by atoms with Crippen LogP contribution in [-0.2, 0) is 38.6 Å². The van der Waals surface area contributed by atoms with Crippen LogP contribution in [0.4, 0.5) is 0 Å². The molecule has 0 saturated heterocycles. The summed E-state index contributed by atoms with van der Waals surface area (Å²) >= 11 is 0. The molecule has 2 aliphatic heterocycles. The van der Waals surface area contributed by atoms with Crippen LogP contribution >= 0.6 is 0 Å². The van der Waals surface area contributed by atoms with Gasteiger partial charge < -0.3 is 4.18 Å². The molecule has 9 heteroatoms. The highest BCUT2D eigenvalue weighted by Gasteiger charge is 2.38. The van der Waals surface area contributed by atoms with Crippen LogP contribution < -0.4 is 0 Å². The Morgan fingerprint density at radius 2 is 1.73 bits per heavy atom. The first-order chi connectivity index (χ1) is 5.17. The van der Waals surface area contributed by atoms with Gasteiger partial charge in [-0.2, -0.15) is 8.42 Å². The van der Waals surface area contributed by atoms with Crippen molar-refractivity contribution in [3.8, 4) is 0 Å². The van der Waals surface area contributed by atoms with E-state index in [-0.39, 0.29) is 0 Å². The monoisotopic (exact) mass is 184 g/mol. The predicted octanol–water partition coefficient (Wildman–Crippen LogP) is -0.770. The van der Waals surface area contributed by atoms with Crippen LogP contribution in [0.5, 0.6) is 0 Å². The quantitative estimate of drug-likeness (QED) is 0.453. The van der Waals surface area contributed by atoms with Crippen molar-refractivity contribution in [3.63, 3.8) is 0 Å². The van der Waals surface area contributed by atoms with Gasteiger partial charge in [0.15, 0.2) is 0 Å². The molecule has 0 fully saturated rings. The van der Waals surface area contributed by atoms with Crippen LogP contribution in [0.25, 0.3) is 0 Å². The Bertz CT molecular complexity index is 298. The average molecular weight is 184 g/mol. The van der Waals surface area contributed by atoms with E-state index in [1.165, 1.54) is 0 Å². The zero-order valence-electron chi connectivity index (χ0n) is 4.67. The van der Waals surface area contributed by atoms with Gasteiger partial charge in [0.2, 0.25) is 0 Å². The van der Waals surface area contributed by atoms with Crippen LogP contribution in [0, 0.1) is 0 Å². The summed E-state index contributed by atoms with van der Waals surface area (Å²) in [7, 11) is -4.20. The molecule has 11 heavy (non-hydrogen) atoms. The van der Waals surface area contributed by atoms with Crippen LogP contribution in [0.2, 0.25) is 0 Å². The molecule has 2 aliphatic rings. The minimum atomic E-state index is -4.20. The Morgan fingerprint density at radius 3 is 2.55 bits per heavy atom. The molecule has 0 aromatic rings. The van der Waals surface area contributed by atoms with Crippen molar-refractivity contribution in [2.75, 3.05) is 0 Å². The first-order valence-electron chi connectivity index (χ1n) is 2.23. The second-order valence-corrected chi connectivity index (χ2v) is 2.57. The molecule has 0 radical (unpaired) electrons. The molecule has 0 amide bonds. The molecular formula is C2O8S. The summed E-state index contributed by atoms with van der Waals surface area (Å²) in [5, 5.41) is 3.82. The lowest BCUT2D eigenvalue weighted by atomic mass is 10.9. The average Bonchev–Trinajstić information content (AvgIpc) is 2.31. The van der Waals surface area contributed by atoms with Crippen molar-refractivity contribution in [2.45, 2.75) is 0 Å². The Kier molecular flexibility index (Phi) is 1.13. The highest BCUT2D eigenvalue weighted by molar-refractivity contribution is 7.81. The lowest BCUT2D eigenvalue weighted by Gasteiger charge is -2.06. The maximum atomic E-state index is 10.4. The van der Waals surface area contributed by atoms with E-state index >= 15 is 0 Å². The third-order valence-corrected chi connectivity index (χ3v) is 1.35. The second-order valence-electron chi connectivity index (χ2n) is 1.45. The topological polar surface area (TPSA) is 89.5 Å². The van der Waals surface area contributed by atoms with Crippen molar-refractivity contribution >= 4 is 10.4 Å². The van der Waals surface area contributed by atoms with E-state index < -0.39 is 22.3 Å². The number of hydrogen-bond donors (Lipinski definition) is 0. The van der Waals surface area contributed by atoms with Crippen molar-refractivity contribution < 1.29 is 36.6 Å². The standard InChI is InChI=1S/C2O8S/c3-11(4)8-2-1(7-10-11)5-9-6-2. The number of hydrogen-bond acceptors (Lipinski definition) is 8. The maximum Gasteiger partial charge on any atom is 0.488 e. The maximum absolute atomic E-state index is 10.4. The van der Waals surface area contributed by atoms with E-state index in [4.69, 9.17) is 0 Å². The number of rotatable bonds is 0. The molecule has 0 aromatic heterocycles. The molecule has 0 saturated carbocycles. The normalized spacial score (nSPS) is 25.8. The van der Waals surface area contributed by atoms with Gasteiger partial charge in [0.05, 0.1) is 0 Å². The molecule has 0 spiro atoms. The van der Waals surface area contributed by atoms with Gasteiger partial charge in [-0.25, -0.2) is 9.78 Å². The molecule has 62 valence electrons. The SMILES string of the molecule is O=S1(=O)OOC2=C(OOO2)O1. The third-order valence-electron chi connectivity index (χ3n) is 0.757. The van der Waals surface area contributed by atoms with Crippen molar-refractivity contribution in [2.24, 2.45) is 0 Å². The van der Waals surface area contributed by atoms with Crippen molar-refractivity contribution in [3.05, 3.63) is 11.9 Å². The first-order valence-corrected chi connectivity index (χ1v) is 3.57.